The summed E-state index contributed by atoms with van der Waals surface area (Å²) in [4.78, 5) is 16.6. The Bertz CT molecular complexity index is 531. The second kappa shape index (κ2) is 7.79. The topological polar surface area (TPSA) is 48.7 Å². The molecular formula is C17H29N3O2. The maximum absolute atomic E-state index is 11.8. The van der Waals surface area contributed by atoms with Crippen LogP contribution in [0.2, 0.25) is 0 Å². The lowest BCUT2D eigenvalue weighted by atomic mass is 10.1. The third kappa shape index (κ3) is 4.58. The predicted octanol–water partition coefficient (Wildman–Crippen LogP) is 1.74. The minimum atomic E-state index is -0.275. The molecule has 1 saturated heterocycles. The zero-order chi connectivity index (χ0) is 16.1. The van der Waals surface area contributed by atoms with Crippen LogP contribution >= 0.6 is 0 Å². The first-order chi connectivity index (χ1) is 10.5. The van der Waals surface area contributed by atoms with Crippen LogP contribution in [0.4, 0.5) is 0 Å². The number of rotatable bonds is 6. The molecule has 0 amide bonds. The minimum absolute atomic E-state index is 0.150. The van der Waals surface area contributed by atoms with Crippen LogP contribution in [0.1, 0.15) is 32.9 Å². The van der Waals surface area contributed by atoms with Crippen molar-refractivity contribution in [3.63, 3.8) is 0 Å². The number of hydrogen-bond donors (Lipinski definition) is 1. The van der Waals surface area contributed by atoms with E-state index < -0.39 is 0 Å². The van der Waals surface area contributed by atoms with E-state index in [1.807, 2.05) is 4.57 Å². The molecule has 1 aliphatic heterocycles. The lowest BCUT2D eigenvalue weighted by Gasteiger charge is -2.34. The van der Waals surface area contributed by atoms with Gasteiger partial charge in [-0.1, -0.05) is 20.8 Å². The lowest BCUT2D eigenvalue weighted by Crippen LogP contribution is -2.46. The van der Waals surface area contributed by atoms with Gasteiger partial charge in [0.05, 0.1) is 6.20 Å². The molecule has 22 heavy (non-hydrogen) atoms. The van der Waals surface area contributed by atoms with E-state index in [1.165, 1.54) is 0 Å². The van der Waals surface area contributed by atoms with Gasteiger partial charge in [0.25, 0.3) is 0 Å². The molecule has 0 unspecified atom stereocenters. The number of likely N-dealkylation sites (N-methyl/N-ethyl adjacent to an activating group) is 1. The van der Waals surface area contributed by atoms with Crippen LogP contribution in [-0.2, 0) is 13.1 Å². The summed E-state index contributed by atoms with van der Waals surface area (Å²) in [5.74, 6) is 0.450. The summed E-state index contributed by atoms with van der Waals surface area (Å²) in [5, 5.41) is 9.71. The fraction of sp³-hybridized carbons (Fsp3) is 0.706. The number of aromatic nitrogens is 1. The first-order valence-electron chi connectivity index (χ1n) is 8.36. The Labute approximate surface area is 133 Å². The molecule has 0 saturated carbocycles. The Hall–Kier alpha value is -1.33. The van der Waals surface area contributed by atoms with E-state index in [9.17, 15) is 9.90 Å². The van der Waals surface area contributed by atoms with Crippen molar-refractivity contribution in [3.05, 3.63) is 28.2 Å². The summed E-state index contributed by atoms with van der Waals surface area (Å²) in [6, 6.07) is 1.60. The average molecular weight is 307 g/mol. The van der Waals surface area contributed by atoms with E-state index in [0.29, 0.717) is 5.92 Å². The molecule has 0 bridgehead atoms. The minimum Gasteiger partial charge on any atom is -0.503 e. The molecule has 2 heterocycles. The van der Waals surface area contributed by atoms with E-state index >= 15 is 0 Å². The van der Waals surface area contributed by atoms with Gasteiger partial charge in [0.2, 0.25) is 5.43 Å². The standard InChI is InChI=1S/C17H29N3O2/c1-4-18-7-9-19(10-8-18)12-15-11-16(21)17(22)13-20(15)6-5-14(2)3/h11,13-14,22H,4-10,12H2,1-3H3. The van der Waals surface area contributed by atoms with Crippen molar-refractivity contribution in [1.29, 1.82) is 0 Å². The summed E-state index contributed by atoms with van der Waals surface area (Å²) in [6.45, 7) is 13.5. The van der Waals surface area contributed by atoms with Crippen LogP contribution in [0.5, 0.6) is 5.75 Å². The van der Waals surface area contributed by atoms with Gasteiger partial charge < -0.3 is 14.6 Å². The molecule has 1 fully saturated rings. The molecular weight excluding hydrogens is 278 g/mol. The van der Waals surface area contributed by atoms with Crippen LogP contribution in [0.25, 0.3) is 0 Å². The highest BCUT2D eigenvalue weighted by atomic mass is 16.3. The van der Waals surface area contributed by atoms with Crippen molar-refractivity contribution in [1.82, 2.24) is 14.4 Å². The number of hydrogen-bond acceptors (Lipinski definition) is 4. The molecule has 0 radical (unpaired) electrons. The third-order valence-corrected chi connectivity index (χ3v) is 4.44. The van der Waals surface area contributed by atoms with Crippen LogP contribution < -0.4 is 5.43 Å². The van der Waals surface area contributed by atoms with Gasteiger partial charge in [-0.05, 0) is 18.9 Å². The number of piperazine rings is 1. The first kappa shape index (κ1) is 17.0. The van der Waals surface area contributed by atoms with Gasteiger partial charge in [-0.2, -0.15) is 0 Å². The van der Waals surface area contributed by atoms with E-state index in [2.05, 4.69) is 30.6 Å². The van der Waals surface area contributed by atoms with Crippen LogP contribution in [0, 0.1) is 5.92 Å². The largest absolute Gasteiger partial charge is 0.503 e. The van der Waals surface area contributed by atoms with E-state index in [-0.39, 0.29) is 11.2 Å². The van der Waals surface area contributed by atoms with Crippen molar-refractivity contribution in [2.45, 2.75) is 40.3 Å². The Morgan fingerprint density at radius 2 is 1.82 bits per heavy atom. The molecule has 124 valence electrons. The average Bonchev–Trinajstić information content (AvgIpc) is 2.50. The second-order valence-electron chi connectivity index (χ2n) is 6.60. The van der Waals surface area contributed by atoms with E-state index in [4.69, 9.17) is 0 Å². The number of nitrogens with zero attached hydrogens (tertiary/aromatic N) is 3. The van der Waals surface area contributed by atoms with Crippen LogP contribution in [0.3, 0.4) is 0 Å². The highest BCUT2D eigenvalue weighted by Gasteiger charge is 2.17. The van der Waals surface area contributed by atoms with Crippen LogP contribution in [-0.4, -0.2) is 52.2 Å². The Balaban J connectivity index is 2.08. The molecule has 0 atom stereocenters. The SMILES string of the molecule is CCN1CCN(Cc2cc(=O)c(O)cn2CCC(C)C)CC1. The second-order valence-corrected chi connectivity index (χ2v) is 6.60. The normalized spacial score (nSPS) is 17.3. The van der Waals surface area contributed by atoms with Gasteiger partial charge in [-0.25, -0.2) is 0 Å². The zero-order valence-corrected chi connectivity index (χ0v) is 14.1. The van der Waals surface area contributed by atoms with Gasteiger partial charge >= 0.3 is 0 Å². The summed E-state index contributed by atoms with van der Waals surface area (Å²) < 4.78 is 2.04. The van der Waals surface area contributed by atoms with Gasteiger partial charge in [-0.15, -0.1) is 0 Å². The Morgan fingerprint density at radius 1 is 1.18 bits per heavy atom. The number of pyridine rings is 1. The molecule has 0 spiro atoms. The summed E-state index contributed by atoms with van der Waals surface area (Å²) >= 11 is 0. The summed E-state index contributed by atoms with van der Waals surface area (Å²) in [7, 11) is 0. The number of aryl methyl sites for hydroxylation is 1. The monoisotopic (exact) mass is 307 g/mol. The first-order valence-corrected chi connectivity index (χ1v) is 8.36. The number of aromatic hydroxyl groups is 1. The van der Waals surface area contributed by atoms with Crippen molar-refractivity contribution in [2.75, 3.05) is 32.7 Å². The Morgan fingerprint density at radius 3 is 2.41 bits per heavy atom. The molecule has 1 N–H and O–H groups in total. The molecule has 5 heteroatoms. The van der Waals surface area contributed by atoms with Crippen molar-refractivity contribution in [2.24, 2.45) is 5.92 Å². The van der Waals surface area contributed by atoms with E-state index in [0.717, 1.165) is 57.9 Å². The predicted molar refractivity (Wildman–Crippen MR) is 89.2 cm³/mol. The van der Waals surface area contributed by atoms with Crippen molar-refractivity contribution < 1.29 is 5.11 Å². The maximum Gasteiger partial charge on any atom is 0.223 e. The van der Waals surface area contributed by atoms with Gasteiger partial charge in [0.1, 0.15) is 0 Å². The maximum atomic E-state index is 11.8. The van der Waals surface area contributed by atoms with Crippen LogP contribution in [0.15, 0.2) is 17.1 Å². The quantitative estimate of drug-likeness (QED) is 0.870. The van der Waals surface area contributed by atoms with Crippen molar-refractivity contribution in [3.8, 4) is 5.75 Å². The molecule has 1 aliphatic rings. The lowest BCUT2D eigenvalue weighted by molar-refractivity contribution is 0.129. The zero-order valence-electron chi connectivity index (χ0n) is 14.1. The van der Waals surface area contributed by atoms with Gasteiger partial charge in [0, 0.05) is 51.0 Å². The molecule has 0 aliphatic carbocycles. The third-order valence-electron chi connectivity index (χ3n) is 4.44. The molecule has 1 aromatic rings. The van der Waals surface area contributed by atoms with Crippen molar-refractivity contribution >= 4 is 0 Å². The Kier molecular flexibility index (Phi) is 6.03. The summed E-state index contributed by atoms with van der Waals surface area (Å²) in [5.41, 5.74) is 0.733. The molecule has 1 aromatic heterocycles. The molecule has 0 aromatic carbocycles. The summed E-state index contributed by atoms with van der Waals surface area (Å²) in [6.07, 6.45) is 2.64. The molecule has 5 nitrogen and oxygen atoms in total. The molecule has 2 rings (SSSR count). The van der Waals surface area contributed by atoms with E-state index in [1.54, 1.807) is 12.3 Å². The fourth-order valence-corrected chi connectivity index (χ4v) is 2.84. The highest BCUT2D eigenvalue weighted by molar-refractivity contribution is 5.20. The fourth-order valence-electron chi connectivity index (χ4n) is 2.84. The highest BCUT2D eigenvalue weighted by Crippen LogP contribution is 2.13. The van der Waals surface area contributed by atoms with Gasteiger partial charge in [0.15, 0.2) is 5.75 Å². The smallest absolute Gasteiger partial charge is 0.223 e. The van der Waals surface area contributed by atoms with Gasteiger partial charge in [-0.3, -0.25) is 9.69 Å².